The lowest BCUT2D eigenvalue weighted by Crippen LogP contribution is -2.66. The van der Waals surface area contributed by atoms with Gasteiger partial charge in [0, 0.05) is 24.5 Å². The summed E-state index contributed by atoms with van der Waals surface area (Å²) < 4.78 is 0. The van der Waals surface area contributed by atoms with Crippen molar-refractivity contribution < 1.29 is 4.79 Å². The molecular formula is C15H22N4O. The van der Waals surface area contributed by atoms with Crippen molar-refractivity contribution in [2.24, 2.45) is 0 Å². The summed E-state index contributed by atoms with van der Waals surface area (Å²) in [6, 6.07) is 0.296. The first-order valence-electron chi connectivity index (χ1n) is 7.41. The highest BCUT2D eigenvalue weighted by atomic mass is 16.2. The molecule has 1 aromatic rings. The monoisotopic (exact) mass is 274 g/mol. The van der Waals surface area contributed by atoms with Crippen LogP contribution >= 0.6 is 0 Å². The standard InChI is InChI=1S/C15H22N4O/c1-15-6-4-10-19(13(15)5-3-9-18(15)2)14(20)12-11-16-7-8-17-12/h7-8,11,13H,3-6,9-10H2,1-2H3/t13-,15-/m0/s1. The highest BCUT2D eigenvalue weighted by Crippen LogP contribution is 2.38. The first-order chi connectivity index (χ1) is 9.63. The average molecular weight is 274 g/mol. The second-order valence-electron chi connectivity index (χ2n) is 6.13. The number of likely N-dealkylation sites (tertiary alicyclic amines) is 2. The molecule has 0 bridgehead atoms. The van der Waals surface area contributed by atoms with Crippen LogP contribution in [0.15, 0.2) is 18.6 Å². The van der Waals surface area contributed by atoms with Gasteiger partial charge >= 0.3 is 0 Å². The van der Waals surface area contributed by atoms with Crippen LogP contribution in [0.25, 0.3) is 0 Å². The Bertz CT molecular complexity index is 492. The first-order valence-corrected chi connectivity index (χ1v) is 7.41. The second-order valence-corrected chi connectivity index (χ2v) is 6.13. The lowest BCUT2D eigenvalue weighted by Gasteiger charge is -2.55. The van der Waals surface area contributed by atoms with Crippen LogP contribution in [0.4, 0.5) is 0 Å². The van der Waals surface area contributed by atoms with Crippen molar-refractivity contribution in [2.45, 2.75) is 44.2 Å². The Balaban J connectivity index is 1.88. The molecule has 0 aromatic carbocycles. The van der Waals surface area contributed by atoms with Gasteiger partial charge in [-0.05, 0) is 46.2 Å². The maximum atomic E-state index is 12.7. The number of fused-ring (bicyclic) bond motifs is 1. The molecule has 2 fully saturated rings. The zero-order valence-corrected chi connectivity index (χ0v) is 12.2. The van der Waals surface area contributed by atoms with Crippen LogP contribution in [-0.2, 0) is 0 Å². The number of hydrogen-bond acceptors (Lipinski definition) is 4. The Labute approximate surface area is 120 Å². The SMILES string of the molecule is CN1CCC[C@@H]2N(C(=O)c3cnccn3)CCC[C@@]21C. The molecule has 0 aliphatic carbocycles. The Morgan fingerprint density at radius 1 is 1.35 bits per heavy atom. The maximum absolute atomic E-state index is 12.7. The highest BCUT2D eigenvalue weighted by Gasteiger charge is 2.47. The van der Waals surface area contributed by atoms with Gasteiger partial charge in [0.25, 0.3) is 5.91 Å². The number of likely N-dealkylation sites (N-methyl/N-ethyl adjacent to an activating group) is 1. The van der Waals surface area contributed by atoms with E-state index in [0.29, 0.717) is 11.7 Å². The van der Waals surface area contributed by atoms with Crippen LogP contribution in [0.1, 0.15) is 43.1 Å². The number of piperidine rings is 2. The second kappa shape index (κ2) is 5.13. The predicted octanol–water partition coefficient (Wildman–Crippen LogP) is 1.57. The van der Waals surface area contributed by atoms with Crippen molar-refractivity contribution in [1.82, 2.24) is 19.8 Å². The van der Waals surface area contributed by atoms with Gasteiger partial charge < -0.3 is 4.90 Å². The molecule has 3 heterocycles. The minimum Gasteiger partial charge on any atom is -0.332 e. The largest absolute Gasteiger partial charge is 0.332 e. The van der Waals surface area contributed by atoms with E-state index in [4.69, 9.17) is 0 Å². The molecule has 2 aliphatic rings. The fourth-order valence-electron chi connectivity index (χ4n) is 3.75. The number of carbonyl (C=O) groups excluding carboxylic acids is 1. The van der Waals surface area contributed by atoms with Gasteiger partial charge in [0.05, 0.1) is 12.2 Å². The number of hydrogen-bond donors (Lipinski definition) is 0. The van der Waals surface area contributed by atoms with E-state index in [1.165, 1.54) is 6.42 Å². The molecule has 20 heavy (non-hydrogen) atoms. The molecule has 0 unspecified atom stereocenters. The Morgan fingerprint density at radius 2 is 2.20 bits per heavy atom. The summed E-state index contributed by atoms with van der Waals surface area (Å²) in [4.78, 5) is 25.3. The Hall–Kier alpha value is -1.49. The Morgan fingerprint density at radius 3 is 2.95 bits per heavy atom. The molecule has 5 heteroatoms. The van der Waals surface area contributed by atoms with Crippen molar-refractivity contribution in [2.75, 3.05) is 20.1 Å². The normalized spacial score (nSPS) is 30.9. The van der Waals surface area contributed by atoms with Crippen LogP contribution in [0.3, 0.4) is 0 Å². The van der Waals surface area contributed by atoms with Crippen molar-refractivity contribution >= 4 is 5.91 Å². The maximum Gasteiger partial charge on any atom is 0.274 e. The van der Waals surface area contributed by atoms with Gasteiger partial charge in [0.2, 0.25) is 0 Å². The minimum absolute atomic E-state index is 0.0318. The van der Waals surface area contributed by atoms with Gasteiger partial charge in [-0.1, -0.05) is 0 Å². The molecule has 5 nitrogen and oxygen atoms in total. The number of rotatable bonds is 1. The van der Waals surface area contributed by atoms with Crippen LogP contribution in [0, 0.1) is 0 Å². The molecule has 0 saturated carbocycles. The van der Waals surface area contributed by atoms with E-state index in [-0.39, 0.29) is 11.4 Å². The highest BCUT2D eigenvalue weighted by molar-refractivity contribution is 5.92. The lowest BCUT2D eigenvalue weighted by atomic mass is 9.76. The van der Waals surface area contributed by atoms with Crippen molar-refractivity contribution in [3.8, 4) is 0 Å². The van der Waals surface area contributed by atoms with Gasteiger partial charge in [-0.3, -0.25) is 14.7 Å². The lowest BCUT2D eigenvalue weighted by molar-refractivity contribution is -0.0350. The summed E-state index contributed by atoms with van der Waals surface area (Å²) >= 11 is 0. The average Bonchev–Trinajstić information content (AvgIpc) is 2.48. The van der Waals surface area contributed by atoms with Crippen LogP contribution in [-0.4, -0.2) is 57.4 Å². The fraction of sp³-hybridized carbons (Fsp3) is 0.667. The molecule has 2 aliphatic heterocycles. The van der Waals surface area contributed by atoms with E-state index in [1.54, 1.807) is 18.6 Å². The van der Waals surface area contributed by atoms with Crippen LogP contribution in [0.2, 0.25) is 0 Å². The third kappa shape index (κ3) is 2.10. The van der Waals surface area contributed by atoms with Crippen molar-refractivity contribution in [3.05, 3.63) is 24.3 Å². The topological polar surface area (TPSA) is 49.3 Å². The fourth-order valence-corrected chi connectivity index (χ4v) is 3.75. The zero-order valence-electron chi connectivity index (χ0n) is 12.2. The first kappa shape index (κ1) is 13.5. The van der Waals surface area contributed by atoms with Gasteiger partial charge in [-0.25, -0.2) is 4.98 Å². The summed E-state index contributed by atoms with van der Waals surface area (Å²) in [6.45, 7) is 4.26. The number of aromatic nitrogens is 2. The van der Waals surface area contributed by atoms with Gasteiger partial charge in [-0.15, -0.1) is 0 Å². The molecule has 2 atom stereocenters. The molecule has 0 N–H and O–H groups in total. The number of nitrogens with zero attached hydrogens (tertiary/aromatic N) is 4. The molecule has 0 spiro atoms. The quantitative estimate of drug-likeness (QED) is 0.780. The van der Waals surface area contributed by atoms with Gasteiger partial charge in [0.1, 0.15) is 5.69 Å². The molecule has 1 amide bonds. The summed E-state index contributed by atoms with van der Waals surface area (Å²) in [6.07, 6.45) is 9.23. The van der Waals surface area contributed by atoms with E-state index in [9.17, 15) is 4.79 Å². The molecular weight excluding hydrogens is 252 g/mol. The van der Waals surface area contributed by atoms with Crippen LogP contribution < -0.4 is 0 Å². The molecule has 3 rings (SSSR count). The Kier molecular flexibility index (Phi) is 3.46. The third-order valence-electron chi connectivity index (χ3n) is 5.06. The molecule has 2 saturated heterocycles. The van der Waals surface area contributed by atoms with Gasteiger partial charge in [0.15, 0.2) is 0 Å². The molecule has 0 radical (unpaired) electrons. The minimum atomic E-state index is 0.0318. The van der Waals surface area contributed by atoms with E-state index in [0.717, 1.165) is 32.4 Å². The third-order valence-corrected chi connectivity index (χ3v) is 5.06. The molecule has 1 aromatic heterocycles. The summed E-state index contributed by atoms with van der Waals surface area (Å²) in [5, 5.41) is 0. The zero-order chi connectivity index (χ0) is 14.2. The number of carbonyl (C=O) groups is 1. The van der Waals surface area contributed by atoms with E-state index in [1.807, 2.05) is 4.90 Å². The van der Waals surface area contributed by atoms with Gasteiger partial charge in [-0.2, -0.15) is 0 Å². The van der Waals surface area contributed by atoms with Crippen LogP contribution in [0.5, 0.6) is 0 Å². The van der Waals surface area contributed by atoms with E-state index < -0.39 is 0 Å². The predicted molar refractivity (Wildman–Crippen MR) is 76.4 cm³/mol. The number of amides is 1. The summed E-state index contributed by atoms with van der Waals surface area (Å²) in [7, 11) is 2.18. The summed E-state index contributed by atoms with van der Waals surface area (Å²) in [5.41, 5.74) is 0.568. The van der Waals surface area contributed by atoms with Crippen molar-refractivity contribution in [3.63, 3.8) is 0 Å². The summed E-state index contributed by atoms with van der Waals surface area (Å²) in [5.74, 6) is 0.0318. The van der Waals surface area contributed by atoms with Crippen molar-refractivity contribution in [1.29, 1.82) is 0 Å². The van der Waals surface area contributed by atoms with E-state index >= 15 is 0 Å². The molecule has 108 valence electrons. The van der Waals surface area contributed by atoms with E-state index in [2.05, 4.69) is 28.8 Å². The smallest absolute Gasteiger partial charge is 0.274 e.